The van der Waals surface area contributed by atoms with Crippen molar-refractivity contribution < 1.29 is 0 Å². The van der Waals surface area contributed by atoms with Crippen LogP contribution >= 0.6 is 0 Å². The van der Waals surface area contributed by atoms with Crippen LogP contribution in [0.15, 0.2) is 110 Å². The Morgan fingerprint density at radius 2 is 0.737 bits per heavy atom. The Kier molecular flexibility index (Phi) is 6.58. The third-order valence-electron chi connectivity index (χ3n) is 6.08. The van der Waals surface area contributed by atoms with Gasteiger partial charge >= 0.3 is 0 Å². The van der Waals surface area contributed by atoms with Gasteiger partial charge in [-0.3, -0.25) is 19.9 Å². The molecule has 0 amide bonds. The first-order valence-corrected chi connectivity index (χ1v) is 12.2. The monoisotopic (exact) mass is 494 g/mol. The summed E-state index contributed by atoms with van der Waals surface area (Å²) in [7, 11) is 0. The summed E-state index contributed by atoms with van der Waals surface area (Å²) in [6.45, 7) is 0. The van der Waals surface area contributed by atoms with Gasteiger partial charge in [0.2, 0.25) is 0 Å². The predicted molar refractivity (Wildman–Crippen MR) is 144 cm³/mol. The molecule has 6 heterocycles. The molecular weight excluding hydrogens is 472 g/mol. The smallest absolute Gasteiger partial charge is 0.115 e. The Hall–Kier alpha value is -5.24. The minimum absolute atomic E-state index is 0.675. The Morgan fingerprint density at radius 1 is 0.368 bits per heavy atom. The van der Waals surface area contributed by atoms with E-state index in [1.165, 1.54) is 0 Å². The molecule has 0 aliphatic carbocycles. The summed E-state index contributed by atoms with van der Waals surface area (Å²) in [6.07, 6.45) is 8.38. The molecule has 0 aliphatic heterocycles. The van der Waals surface area contributed by atoms with Gasteiger partial charge in [0.15, 0.2) is 0 Å². The average molecular weight is 495 g/mol. The molecule has 0 spiro atoms. The SMILES string of the molecule is c1ccc(-c2cc(CCc3cc(-c4ccccn4)nnc3-c3ccccn3)c(-c3ccccn3)nn2)nc1. The van der Waals surface area contributed by atoms with Crippen molar-refractivity contribution in [2.45, 2.75) is 12.8 Å². The van der Waals surface area contributed by atoms with Crippen LogP contribution in [-0.2, 0) is 12.8 Å². The quantitative estimate of drug-likeness (QED) is 0.295. The molecule has 0 unspecified atom stereocenters. The highest BCUT2D eigenvalue weighted by molar-refractivity contribution is 5.65. The molecule has 0 aromatic carbocycles. The van der Waals surface area contributed by atoms with Gasteiger partial charge in [-0.15, -0.1) is 20.4 Å². The Bertz CT molecular complexity index is 1520. The summed E-state index contributed by atoms with van der Waals surface area (Å²) in [5.74, 6) is 0. The van der Waals surface area contributed by atoms with Crippen LogP contribution < -0.4 is 0 Å². The van der Waals surface area contributed by atoms with E-state index in [4.69, 9.17) is 0 Å². The van der Waals surface area contributed by atoms with Gasteiger partial charge in [0.1, 0.15) is 22.8 Å². The first-order valence-electron chi connectivity index (χ1n) is 12.2. The molecule has 38 heavy (non-hydrogen) atoms. The minimum Gasteiger partial charge on any atom is -0.255 e. The summed E-state index contributed by atoms with van der Waals surface area (Å²) < 4.78 is 0. The van der Waals surface area contributed by atoms with Crippen LogP contribution in [0, 0.1) is 0 Å². The fraction of sp³-hybridized carbons (Fsp3) is 0.0667. The zero-order chi connectivity index (χ0) is 25.6. The number of aromatic nitrogens is 8. The fourth-order valence-corrected chi connectivity index (χ4v) is 4.23. The molecule has 0 saturated carbocycles. The second kappa shape index (κ2) is 10.8. The molecule has 0 atom stereocenters. The highest BCUT2D eigenvalue weighted by atomic mass is 15.1. The van der Waals surface area contributed by atoms with E-state index < -0.39 is 0 Å². The van der Waals surface area contributed by atoms with Crippen molar-refractivity contribution in [3.05, 3.63) is 121 Å². The molecular formula is C30H22N8. The molecule has 6 rings (SSSR count). The molecule has 0 radical (unpaired) electrons. The van der Waals surface area contributed by atoms with E-state index in [1.807, 2.05) is 84.9 Å². The van der Waals surface area contributed by atoms with E-state index in [9.17, 15) is 0 Å². The Labute approximate surface area is 219 Å². The third-order valence-corrected chi connectivity index (χ3v) is 6.08. The van der Waals surface area contributed by atoms with Crippen molar-refractivity contribution in [1.82, 2.24) is 40.3 Å². The maximum atomic E-state index is 4.58. The number of rotatable bonds is 7. The summed E-state index contributed by atoms with van der Waals surface area (Å²) in [5.41, 5.74) is 8.04. The van der Waals surface area contributed by atoms with Crippen LogP contribution in [0.3, 0.4) is 0 Å². The first kappa shape index (κ1) is 23.2. The molecule has 0 N–H and O–H groups in total. The summed E-state index contributed by atoms with van der Waals surface area (Å²) >= 11 is 0. The third kappa shape index (κ3) is 5.01. The molecule has 0 bridgehead atoms. The summed E-state index contributed by atoms with van der Waals surface area (Å²) in [5, 5.41) is 18.1. The Morgan fingerprint density at radius 3 is 1.08 bits per heavy atom. The topological polar surface area (TPSA) is 103 Å². The highest BCUT2D eigenvalue weighted by Gasteiger charge is 2.16. The van der Waals surface area contributed by atoms with E-state index in [2.05, 4.69) is 40.3 Å². The zero-order valence-electron chi connectivity index (χ0n) is 20.4. The molecule has 0 aliphatic rings. The van der Waals surface area contributed by atoms with Crippen LogP contribution in [-0.4, -0.2) is 40.3 Å². The zero-order valence-corrected chi connectivity index (χ0v) is 20.4. The standard InChI is InChI=1S/C30H22N8/c1-5-15-31-23(9-1)27-19-21(29(37-35-27)25-11-3-7-17-33-25)13-14-22-20-28(24-10-2-6-16-32-24)36-38-30(22)26-12-4-8-18-34-26/h1-12,15-20H,13-14H2. The lowest BCUT2D eigenvalue weighted by molar-refractivity contribution is 0.901. The van der Waals surface area contributed by atoms with Crippen LogP contribution in [0.4, 0.5) is 0 Å². The van der Waals surface area contributed by atoms with Gasteiger partial charge in [0.05, 0.1) is 22.8 Å². The van der Waals surface area contributed by atoms with Crippen molar-refractivity contribution in [2.75, 3.05) is 0 Å². The number of hydrogen-bond acceptors (Lipinski definition) is 8. The Balaban J connectivity index is 1.41. The average Bonchev–Trinajstić information content (AvgIpc) is 3.01. The maximum Gasteiger partial charge on any atom is 0.115 e. The lowest BCUT2D eigenvalue weighted by atomic mass is 9.98. The molecule has 6 aromatic rings. The van der Waals surface area contributed by atoms with Gasteiger partial charge in [-0.25, -0.2) is 0 Å². The van der Waals surface area contributed by atoms with Gasteiger partial charge in [0, 0.05) is 24.8 Å². The van der Waals surface area contributed by atoms with E-state index in [0.717, 1.165) is 45.3 Å². The second-order valence-electron chi connectivity index (χ2n) is 8.57. The van der Waals surface area contributed by atoms with E-state index >= 15 is 0 Å². The molecule has 6 aromatic heterocycles. The van der Waals surface area contributed by atoms with Gasteiger partial charge in [-0.1, -0.05) is 24.3 Å². The van der Waals surface area contributed by atoms with Crippen LogP contribution in [0.25, 0.3) is 45.6 Å². The number of aryl methyl sites for hydroxylation is 2. The largest absolute Gasteiger partial charge is 0.255 e. The van der Waals surface area contributed by atoms with Crippen LogP contribution in [0.1, 0.15) is 11.1 Å². The number of hydrogen-bond donors (Lipinski definition) is 0. The van der Waals surface area contributed by atoms with Gasteiger partial charge < -0.3 is 0 Å². The van der Waals surface area contributed by atoms with Crippen molar-refractivity contribution in [3.63, 3.8) is 0 Å². The van der Waals surface area contributed by atoms with E-state index in [0.29, 0.717) is 24.2 Å². The molecule has 182 valence electrons. The van der Waals surface area contributed by atoms with Crippen molar-refractivity contribution in [3.8, 4) is 45.6 Å². The summed E-state index contributed by atoms with van der Waals surface area (Å²) in [4.78, 5) is 18.0. The van der Waals surface area contributed by atoms with Crippen LogP contribution in [0.2, 0.25) is 0 Å². The van der Waals surface area contributed by atoms with E-state index in [-0.39, 0.29) is 0 Å². The van der Waals surface area contributed by atoms with Crippen LogP contribution in [0.5, 0.6) is 0 Å². The normalized spacial score (nSPS) is 10.8. The van der Waals surface area contributed by atoms with Gasteiger partial charge in [0.25, 0.3) is 0 Å². The fourth-order valence-electron chi connectivity index (χ4n) is 4.23. The molecule has 8 nitrogen and oxygen atoms in total. The van der Waals surface area contributed by atoms with Crippen molar-refractivity contribution in [2.24, 2.45) is 0 Å². The van der Waals surface area contributed by atoms with E-state index in [1.54, 1.807) is 24.8 Å². The van der Waals surface area contributed by atoms with Gasteiger partial charge in [-0.2, -0.15) is 0 Å². The van der Waals surface area contributed by atoms with Crippen molar-refractivity contribution in [1.29, 1.82) is 0 Å². The summed E-state index contributed by atoms with van der Waals surface area (Å²) in [6, 6.07) is 27.2. The van der Waals surface area contributed by atoms with Gasteiger partial charge in [-0.05, 0) is 84.6 Å². The highest BCUT2D eigenvalue weighted by Crippen LogP contribution is 2.27. The first-order chi connectivity index (χ1) is 18.8. The predicted octanol–water partition coefficient (Wildman–Crippen LogP) is 5.30. The second-order valence-corrected chi connectivity index (χ2v) is 8.57. The lowest BCUT2D eigenvalue weighted by Crippen LogP contribution is -2.05. The molecule has 0 fully saturated rings. The van der Waals surface area contributed by atoms with Crippen molar-refractivity contribution >= 4 is 0 Å². The molecule has 8 heteroatoms. The number of pyridine rings is 4. The molecule has 0 saturated heterocycles. The minimum atomic E-state index is 0.675. The maximum absolute atomic E-state index is 4.58. The lowest BCUT2D eigenvalue weighted by Gasteiger charge is -2.12. The number of nitrogens with zero attached hydrogens (tertiary/aromatic N) is 8.